The molecule has 1 heterocycles. The highest BCUT2D eigenvalue weighted by molar-refractivity contribution is 5.48. The Balaban J connectivity index is 1.84. The van der Waals surface area contributed by atoms with Crippen LogP contribution in [0.2, 0.25) is 0 Å². The molecule has 1 saturated heterocycles. The summed E-state index contributed by atoms with van der Waals surface area (Å²) < 4.78 is 11.5. The molecule has 0 aromatic heterocycles. The third-order valence-electron chi connectivity index (χ3n) is 3.83. The minimum Gasteiger partial charge on any atom is -0.493 e. The topological polar surface area (TPSA) is 30.5 Å². The van der Waals surface area contributed by atoms with Crippen molar-refractivity contribution in [3.05, 3.63) is 23.8 Å². The van der Waals surface area contributed by atoms with E-state index in [1.165, 1.54) is 31.2 Å². The first kappa shape index (κ1) is 11.8. The molecule has 1 aromatic rings. The van der Waals surface area contributed by atoms with Crippen molar-refractivity contribution in [3.8, 4) is 11.5 Å². The SMILES string of the molecule is COc1cccc(C2CCCN2)c1OCC1CC1. The van der Waals surface area contributed by atoms with Gasteiger partial charge in [-0.25, -0.2) is 0 Å². The molecule has 18 heavy (non-hydrogen) atoms. The van der Waals surface area contributed by atoms with Crippen LogP contribution in [0.3, 0.4) is 0 Å². The predicted octanol–water partition coefficient (Wildman–Crippen LogP) is 2.91. The van der Waals surface area contributed by atoms with Crippen molar-refractivity contribution < 1.29 is 9.47 Å². The zero-order valence-corrected chi connectivity index (χ0v) is 10.9. The second kappa shape index (κ2) is 5.19. The summed E-state index contributed by atoms with van der Waals surface area (Å²) in [5, 5.41) is 3.53. The van der Waals surface area contributed by atoms with Gasteiger partial charge in [0.25, 0.3) is 0 Å². The molecule has 1 aliphatic carbocycles. The molecule has 1 atom stereocenters. The van der Waals surface area contributed by atoms with Gasteiger partial charge in [0.1, 0.15) is 0 Å². The van der Waals surface area contributed by atoms with Crippen LogP contribution in [-0.2, 0) is 0 Å². The van der Waals surface area contributed by atoms with Crippen molar-refractivity contribution in [1.29, 1.82) is 0 Å². The highest BCUT2D eigenvalue weighted by Crippen LogP contribution is 2.39. The fraction of sp³-hybridized carbons (Fsp3) is 0.600. The number of para-hydroxylation sites is 1. The maximum atomic E-state index is 6.03. The Morgan fingerprint density at radius 2 is 2.17 bits per heavy atom. The monoisotopic (exact) mass is 247 g/mol. The lowest BCUT2D eigenvalue weighted by molar-refractivity contribution is 0.275. The van der Waals surface area contributed by atoms with Crippen LogP contribution in [0.1, 0.15) is 37.3 Å². The molecule has 0 amide bonds. The first-order valence-electron chi connectivity index (χ1n) is 6.91. The summed E-state index contributed by atoms with van der Waals surface area (Å²) in [6.45, 7) is 1.93. The molecule has 2 fully saturated rings. The summed E-state index contributed by atoms with van der Waals surface area (Å²) in [6, 6.07) is 6.63. The summed E-state index contributed by atoms with van der Waals surface area (Å²) in [5.74, 6) is 2.58. The largest absolute Gasteiger partial charge is 0.493 e. The maximum Gasteiger partial charge on any atom is 0.165 e. The first-order valence-corrected chi connectivity index (χ1v) is 6.91. The van der Waals surface area contributed by atoms with Gasteiger partial charge in [-0.3, -0.25) is 0 Å². The van der Waals surface area contributed by atoms with Crippen molar-refractivity contribution >= 4 is 0 Å². The van der Waals surface area contributed by atoms with Gasteiger partial charge < -0.3 is 14.8 Å². The number of nitrogens with one attached hydrogen (secondary N) is 1. The van der Waals surface area contributed by atoms with Gasteiger partial charge in [-0.1, -0.05) is 12.1 Å². The van der Waals surface area contributed by atoms with Crippen LogP contribution in [0, 0.1) is 5.92 Å². The molecule has 0 radical (unpaired) electrons. The van der Waals surface area contributed by atoms with E-state index in [1.807, 2.05) is 6.07 Å². The quantitative estimate of drug-likeness (QED) is 0.868. The van der Waals surface area contributed by atoms with Crippen molar-refractivity contribution in [1.82, 2.24) is 5.32 Å². The Morgan fingerprint density at radius 1 is 1.28 bits per heavy atom. The third kappa shape index (κ3) is 2.46. The van der Waals surface area contributed by atoms with Crippen molar-refractivity contribution in [2.45, 2.75) is 31.7 Å². The number of methoxy groups -OCH3 is 1. The van der Waals surface area contributed by atoms with E-state index in [0.717, 1.165) is 30.6 Å². The van der Waals surface area contributed by atoms with Gasteiger partial charge in [-0.05, 0) is 44.2 Å². The molecule has 1 aliphatic heterocycles. The van der Waals surface area contributed by atoms with E-state index in [9.17, 15) is 0 Å². The Hall–Kier alpha value is -1.22. The van der Waals surface area contributed by atoms with Gasteiger partial charge in [0.05, 0.1) is 13.7 Å². The van der Waals surface area contributed by atoms with Crippen LogP contribution in [0.15, 0.2) is 18.2 Å². The molecule has 98 valence electrons. The number of rotatable bonds is 5. The minimum absolute atomic E-state index is 0.425. The van der Waals surface area contributed by atoms with E-state index < -0.39 is 0 Å². The van der Waals surface area contributed by atoms with E-state index in [2.05, 4.69) is 17.4 Å². The lowest BCUT2D eigenvalue weighted by atomic mass is 10.0. The van der Waals surface area contributed by atoms with Crippen molar-refractivity contribution in [2.75, 3.05) is 20.3 Å². The van der Waals surface area contributed by atoms with Crippen LogP contribution >= 0.6 is 0 Å². The van der Waals surface area contributed by atoms with E-state index >= 15 is 0 Å². The van der Waals surface area contributed by atoms with Crippen LogP contribution < -0.4 is 14.8 Å². The Labute approximate surface area is 108 Å². The molecule has 1 aromatic carbocycles. The molecule has 3 heteroatoms. The molecular formula is C15H21NO2. The third-order valence-corrected chi connectivity index (χ3v) is 3.83. The molecule has 0 spiro atoms. The van der Waals surface area contributed by atoms with Crippen molar-refractivity contribution in [3.63, 3.8) is 0 Å². The molecule has 1 saturated carbocycles. The molecule has 3 nitrogen and oxygen atoms in total. The van der Waals surface area contributed by atoms with Gasteiger partial charge in [-0.15, -0.1) is 0 Å². The number of benzene rings is 1. The Kier molecular flexibility index (Phi) is 3.41. The predicted molar refractivity (Wildman–Crippen MR) is 71.2 cm³/mol. The normalized spacial score (nSPS) is 23.1. The van der Waals surface area contributed by atoms with E-state index in [0.29, 0.717) is 6.04 Å². The molecule has 1 N–H and O–H groups in total. The first-order chi connectivity index (χ1) is 8.88. The standard InChI is InChI=1S/C15H21NO2/c1-17-14-6-2-4-12(13-5-3-9-16-13)15(14)18-10-11-7-8-11/h2,4,6,11,13,16H,3,5,7-10H2,1H3. The fourth-order valence-corrected chi connectivity index (χ4v) is 2.56. The molecule has 2 aliphatic rings. The van der Waals surface area contributed by atoms with Crippen LogP contribution in [0.4, 0.5) is 0 Å². The van der Waals surface area contributed by atoms with Gasteiger partial charge >= 0.3 is 0 Å². The number of hydrogen-bond donors (Lipinski definition) is 1. The summed E-state index contributed by atoms with van der Waals surface area (Å²) in [7, 11) is 1.71. The fourth-order valence-electron chi connectivity index (χ4n) is 2.56. The summed E-state index contributed by atoms with van der Waals surface area (Å²) in [4.78, 5) is 0. The van der Waals surface area contributed by atoms with Gasteiger partial charge in [0.15, 0.2) is 11.5 Å². The zero-order valence-electron chi connectivity index (χ0n) is 10.9. The summed E-state index contributed by atoms with van der Waals surface area (Å²) >= 11 is 0. The summed E-state index contributed by atoms with van der Waals surface area (Å²) in [5.41, 5.74) is 1.26. The Bertz CT molecular complexity index is 409. The highest BCUT2D eigenvalue weighted by atomic mass is 16.5. The second-order valence-corrected chi connectivity index (χ2v) is 5.28. The van der Waals surface area contributed by atoms with Gasteiger partial charge in [-0.2, -0.15) is 0 Å². The van der Waals surface area contributed by atoms with Crippen molar-refractivity contribution in [2.24, 2.45) is 5.92 Å². The average molecular weight is 247 g/mol. The van der Waals surface area contributed by atoms with Gasteiger partial charge in [0, 0.05) is 11.6 Å². The van der Waals surface area contributed by atoms with E-state index in [1.54, 1.807) is 7.11 Å². The smallest absolute Gasteiger partial charge is 0.165 e. The molecule has 3 rings (SSSR count). The number of ether oxygens (including phenoxy) is 2. The zero-order chi connectivity index (χ0) is 12.4. The van der Waals surface area contributed by atoms with Crippen LogP contribution in [-0.4, -0.2) is 20.3 Å². The average Bonchev–Trinajstić information content (AvgIpc) is 3.08. The van der Waals surface area contributed by atoms with E-state index in [4.69, 9.17) is 9.47 Å². The maximum absolute atomic E-state index is 6.03. The molecule has 1 unspecified atom stereocenters. The number of hydrogen-bond acceptors (Lipinski definition) is 3. The lowest BCUT2D eigenvalue weighted by Crippen LogP contribution is -2.15. The van der Waals surface area contributed by atoms with Crippen LogP contribution in [0.5, 0.6) is 11.5 Å². The Morgan fingerprint density at radius 3 is 2.83 bits per heavy atom. The molecule has 0 bridgehead atoms. The van der Waals surface area contributed by atoms with Crippen LogP contribution in [0.25, 0.3) is 0 Å². The minimum atomic E-state index is 0.425. The summed E-state index contributed by atoms with van der Waals surface area (Å²) in [6.07, 6.45) is 5.05. The molecular weight excluding hydrogens is 226 g/mol. The van der Waals surface area contributed by atoms with Gasteiger partial charge in [0.2, 0.25) is 0 Å². The van der Waals surface area contributed by atoms with E-state index in [-0.39, 0.29) is 0 Å². The lowest BCUT2D eigenvalue weighted by Gasteiger charge is -2.19. The highest BCUT2D eigenvalue weighted by Gasteiger charge is 2.26. The second-order valence-electron chi connectivity index (χ2n) is 5.28.